The Labute approximate surface area is 179 Å². The summed E-state index contributed by atoms with van der Waals surface area (Å²) in [4.78, 5) is 27.5. The number of hydrogen-bond donors (Lipinski definition) is 2. The molecule has 2 heterocycles. The molecular weight excluding hydrogens is 396 g/mol. The van der Waals surface area contributed by atoms with Crippen LogP contribution < -0.4 is 10.1 Å². The van der Waals surface area contributed by atoms with E-state index >= 15 is 0 Å². The normalized spacial score (nSPS) is 11.8. The van der Waals surface area contributed by atoms with Crippen LogP contribution in [0.3, 0.4) is 0 Å². The van der Waals surface area contributed by atoms with Crippen molar-refractivity contribution in [2.75, 3.05) is 20.3 Å². The van der Waals surface area contributed by atoms with Gasteiger partial charge in [0.15, 0.2) is 6.61 Å². The van der Waals surface area contributed by atoms with Gasteiger partial charge in [-0.2, -0.15) is 0 Å². The Hall–Kier alpha value is -4.00. The molecule has 4 aromatic rings. The average Bonchev–Trinajstić information content (AvgIpc) is 3.49. The number of methoxy groups -OCH3 is 1. The van der Waals surface area contributed by atoms with Crippen LogP contribution in [-0.4, -0.2) is 37.1 Å². The molecule has 0 aliphatic heterocycles. The van der Waals surface area contributed by atoms with E-state index in [0.717, 1.165) is 27.8 Å². The van der Waals surface area contributed by atoms with Crippen LogP contribution in [0.1, 0.15) is 27.6 Å². The highest BCUT2D eigenvalue weighted by atomic mass is 16.5. The van der Waals surface area contributed by atoms with Gasteiger partial charge in [0.25, 0.3) is 5.91 Å². The van der Waals surface area contributed by atoms with Gasteiger partial charge in [-0.1, -0.05) is 30.3 Å². The molecule has 0 saturated carbocycles. The lowest BCUT2D eigenvalue weighted by Gasteiger charge is -2.18. The highest BCUT2D eigenvalue weighted by Gasteiger charge is 2.20. The van der Waals surface area contributed by atoms with Gasteiger partial charge in [0, 0.05) is 29.6 Å². The van der Waals surface area contributed by atoms with Crippen molar-refractivity contribution in [2.45, 2.75) is 5.92 Å². The number of benzene rings is 2. The number of para-hydroxylation sites is 1. The van der Waals surface area contributed by atoms with Crippen LogP contribution in [0.15, 0.2) is 77.5 Å². The first-order chi connectivity index (χ1) is 15.2. The summed E-state index contributed by atoms with van der Waals surface area (Å²) >= 11 is 0. The van der Waals surface area contributed by atoms with E-state index in [0.29, 0.717) is 6.54 Å². The third-order valence-corrected chi connectivity index (χ3v) is 5.07. The quantitative estimate of drug-likeness (QED) is 0.424. The fraction of sp³-hybridized carbons (Fsp3) is 0.167. The van der Waals surface area contributed by atoms with Crippen LogP contribution >= 0.6 is 0 Å². The van der Waals surface area contributed by atoms with E-state index in [1.165, 1.54) is 12.3 Å². The standard InChI is InChI=1S/C24H22N2O5/c1-29-17-10-8-16(9-11-17)19(20-14-25-21-6-3-2-5-18(20)21)13-26-23(27)15-31-24(28)22-7-4-12-30-22/h2-12,14,19,25H,13,15H2,1H3,(H,26,27)/t19-/m0/s1. The number of esters is 1. The number of furan rings is 1. The second kappa shape index (κ2) is 9.21. The molecule has 7 nitrogen and oxygen atoms in total. The third kappa shape index (κ3) is 4.61. The molecule has 2 aromatic carbocycles. The molecule has 0 saturated heterocycles. The molecule has 0 aliphatic carbocycles. The number of carbonyl (C=O) groups is 2. The molecule has 1 amide bonds. The van der Waals surface area contributed by atoms with E-state index in [9.17, 15) is 9.59 Å². The lowest BCUT2D eigenvalue weighted by molar-refractivity contribution is -0.124. The van der Waals surface area contributed by atoms with Crippen molar-refractivity contribution in [1.29, 1.82) is 0 Å². The minimum atomic E-state index is -0.677. The van der Waals surface area contributed by atoms with Gasteiger partial charge in [-0.05, 0) is 41.5 Å². The molecule has 0 bridgehead atoms. The largest absolute Gasteiger partial charge is 0.497 e. The Morgan fingerprint density at radius 2 is 1.87 bits per heavy atom. The highest BCUT2D eigenvalue weighted by molar-refractivity contribution is 5.89. The van der Waals surface area contributed by atoms with Gasteiger partial charge in [-0.25, -0.2) is 4.79 Å². The number of fused-ring (bicyclic) bond motifs is 1. The first-order valence-corrected chi connectivity index (χ1v) is 9.83. The highest BCUT2D eigenvalue weighted by Crippen LogP contribution is 2.31. The lowest BCUT2D eigenvalue weighted by Crippen LogP contribution is -2.32. The molecule has 0 spiro atoms. The van der Waals surface area contributed by atoms with E-state index in [1.807, 2.05) is 54.7 Å². The number of hydrogen-bond acceptors (Lipinski definition) is 5. The second-order valence-corrected chi connectivity index (χ2v) is 6.97. The summed E-state index contributed by atoms with van der Waals surface area (Å²) in [6.07, 6.45) is 3.33. The maximum Gasteiger partial charge on any atom is 0.374 e. The SMILES string of the molecule is COc1ccc([C@H](CNC(=O)COC(=O)c2ccco2)c2c[nH]c3ccccc23)cc1. The summed E-state index contributed by atoms with van der Waals surface area (Å²) in [5, 5.41) is 3.96. The Balaban J connectivity index is 1.49. The lowest BCUT2D eigenvalue weighted by atomic mass is 9.91. The maximum absolute atomic E-state index is 12.3. The second-order valence-electron chi connectivity index (χ2n) is 6.97. The molecule has 0 fully saturated rings. The van der Waals surface area contributed by atoms with Crippen LogP contribution in [0.2, 0.25) is 0 Å². The van der Waals surface area contributed by atoms with Crippen LogP contribution in [-0.2, 0) is 9.53 Å². The number of rotatable bonds is 8. The number of nitrogens with one attached hydrogen (secondary N) is 2. The number of ether oxygens (including phenoxy) is 2. The Morgan fingerprint density at radius 1 is 1.06 bits per heavy atom. The monoisotopic (exact) mass is 418 g/mol. The zero-order chi connectivity index (χ0) is 21.6. The number of aromatic amines is 1. The molecule has 0 radical (unpaired) electrons. The van der Waals surface area contributed by atoms with Crippen molar-refractivity contribution in [3.05, 3.63) is 90.0 Å². The molecule has 0 aliphatic rings. The fourth-order valence-electron chi connectivity index (χ4n) is 3.49. The minimum absolute atomic E-state index is 0.0581. The van der Waals surface area contributed by atoms with Crippen LogP contribution in [0, 0.1) is 0 Å². The van der Waals surface area contributed by atoms with Gasteiger partial charge in [-0.15, -0.1) is 0 Å². The van der Waals surface area contributed by atoms with Crippen LogP contribution in [0.25, 0.3) is 10.9 Å². The molecule has 2 aromatic heterocycles. The van der Waals surface area contributed by atoms with E-state index in [2.05, 4.69) is 10.3 Å². The van der Waals surface area contributed by atoms with Crippen molar-refractivity contribution in [1.82, 2.24) is 10.3 Å². The Kier molecular flexibility index (Phi) is 6.03. The minimum Gasteiger partial charge on any atom is -0.497 e. The molecule has 1 atom stereocenters. The molecule has 0 unspecified atom stereocenters. The summed E-state index contributed by atoms with van der Waals surface area (Å²) in [5.74, 6) is -0.355. The Morgan fingerprint density at radius 3 is 2.61 bits per heavy atom. The van der Waals surface area contributed by atoms with E-state index < -0.39 is 11.9 Å². The van der Waals surface area contributed by atoms with Crippen molar-refractivity contribution < 1.29 is 23.5 Å². The summed E-state index contributed by atoms with van der Waals surface area (Å²) in [6, 6.07) is 18.8. The van der Waals surface area contributed by atoms with Gasteiger partial charge in [0.2, 0.25) is 5.76 Å². The third-order valence-electron chi connectivity index (χ3n) is 5.07. The number of aromatic nitrogens is 1. The zero-order valence-electron chi connectivity index (χ0n) is 17.0. The summed E-state index contributed by atoms with van der Waals surface area (Å²) in [6.45, 7) is -0.0476. The van der Waals surface area contributed by atoms with Crippen LogP contribution in [0.5, 0.6) is 5.75 Å². The predicted molar refractivity (Wildman–Crippen MR) is 115 cm³/mol. The van der Waals surface area contributed by atoms with Gasteiger partial charge in [-0.3, -0.25) is 4.79 Å². The molecule has 158 valence electrons. The summed E-state index contributed by atoms with van der Waals surface area (Å²) in [5.41, 5.74) is 3.11. The smallest absolute Gasteiger partial charge is 0.374 e. The van der Waals surface area contributed by atoms with Crippen LogP contribution in [0.4, 0.5) is 0 Å². The molecular formula is C24H22N2O5. The van der Waals surface area contributed by atoms with Gasteiger partial charge in [0.05, 0.1) is 13.4 Å². The van der Waals surface area contributed by atoms with Crippen molar-refractivity contribution in [3.8, 4) is 5.75 Å². The van der Waals surface area contributed by atoms with Crippen molar-refractivity contribution in [2.24, 2.45) is 0 Å². The van der Waals surface area contributed by atoms with E-state index in [1.54, 1.807) is 13.2 Å². The predicted octanol–water partition coefficient (Wildman–Crippen LogP) is 3.87. The average molecular weight is 418 g/mol. The molecule has 2 N–H and O–H groups in total. The zero-order valence-corrected chi connectivity index (χ0v) is 17.0. The summed E-state index contributed by atoms with van der Waals surface area (Å²) < 4.78 is 15.2. The van der Waals surface area contributed by atoms with Crippen molar-refractivity contribution in [3.63, 3.8) is 0 Å². The van der Waals surface area contributed by atoms with E-state index in [4.69, 9.17) is 13.9 Å². The van der Waals surface area contributed by atoms with E-state index in [-0.39, 0.29) is 18.3 Å². The number of amides is 1. The van der Waals surface area contributed by atoms with Gasteiger partial charge in [0.1, 0.15) is 5.75 Å². The topological polar surface area (TPSA) is 93.6 Å². The number of H-pyrrole nitrogens is 1. The Bertz CT molecular complexity index is 1160. The molecule has 31 heavy (non-hydrogen) atoms. The van der Waals surface area contributed by atoms with Gasteiger partial charge >= 0.3 is 5.97 Å². The van der Waals surface area contributed by atoms with Crippen molar-refractivity contribution >= 4 is 22.8 Å². The first-order valence-electron chi connectivity index (χ1n) is 9.83. The summed E-state index contributed by atoms with van der Waals surface area (Å²) in [7, 11) is 1.62. The van der Waals surface area contributed by atoms with Gasteiger partial charge < -0.3 is 24.2 Å². The molecule has 7 heteroatoms. The molecule has 4 rings (SSSR count). The fourth-order valence-corrected chi connectivity index (χ4v) is 3.49. The first kappa shape index (κ1) is 20.3. The maximum atomic E-state index is 12.3. The number of carbonyl (C=O) groups excluding carboxylic acids is 2.